The van der Waals surface area contributed by atoms with Crippen molar-refractivity contribution in [2.75, 3.05) is 10.0 Å². The van der Waals surface area contributed by atoms with Crippen LogP contribution in [0.2, 0.25) is 0 Å². The third kappa shape index (κ3) is 4.14. The van der Waals surface area contributed by atoms with Crippen molar-refractivity contribution < 1.29 is 17.2 Å². The molecule has 0 saturated carbocycles. The van der Waals surface area contributed by atoms with Crippen LogP contribution in [0.5, 0.6) is 0 Å². The van der Waals surface area contributed by atoms with Crippen molar-refractivity contribution in [3.05, 3.63) is 84.4 Å². The average molecular weight is 412 g/mol. The maximum atomic E-state index is 13.5. The van der Waals surface area contributed by atoms with Gasteiger partial charge in [0.2, 0.25) is 0 Å². The Bertz CT molecular complexity index is 1300. The minimum Gasteiger partial charge on any atom is -0.337 e. The van der Waals surface area contributed by atoms with Gasteiger partial charge in [0.1, 0.15) is 11.6 Å². The summed E-state index contributed by atoms with van der Waals surface area (Å²) < 4.78 is 54.5. The monoisotopic (exact) mass is 412 g/mol. The predicted molar refractivity (Wildman–Crippen MR) is 106 cm³/mol. The number of nitrogens with one attached hydrogen (secondary N) is 2. The predicted octanol–water partition coefficient (Wildman–Crippen LogP) is 4.45. The Morgan fingerprint density at radius 1 is 0.724 bits per heavy atom. The number of aromatic nitrogens is 2. The Hall–Kier alpha value is -3.59. The molecule has 0 bridgehead atoms. The molecule has 9 heteroatoms. The van der Waals surface area contributed by atoms with Gasteiger partial charge in [0.15, 0.2) is 11.6 Å². The number of para-hydroxylation sites is 2. The lowest BCUT2D eigenvalue weighted by atomic mass is 10.3. The molecular weight excluding hydrogens is 398 g/mol. The minimum atomic E-state index is -4.05. The summed E-state index contributed by atoms with van der Waals surface area (Å²) in [6.45, 7) is 0. The third-order valence-electron chi connectivity index (χ3n) is 4.01. The van der Waals surface area contributed by atoms with Crippen LogP contribution in [-0.4, -0.2) is 18.4 Å². The number of halogens is 2. The van der Waals surface area contributed by atoms with Crippen molar-refractivity contribution >= 4 is 38.4 Å². The second-order valence-electron chi connectivity index (χ2n) is 6.10. The zero-order valence-electron chi connectivity index (χ0n) is 14.8. The molecule has 146 valence electrons. The number of hydrogen-bond donors (Lipinski definition) is 2. The Labute approximate surface area is 165 Å². The van der Waals surface area contributed by atoms with E-state index in [0.717, 1.165) is 24.3 Å². The molecule has 0 saturated heterocycles. The molecule has 29 heavy (non-hydrogen) atoms. The van der Waals surface area contributed by atoms with Crippen molar-refractivity contribution in [3.63, 3.8) is 0 Å². The molecule has 3 aromatic carbocycles. The van der Waals surface area contributed by atoms with E-state index in [-0.39, 0.29) is 16.5 Å². The molecule has 0 amide bonds. The first kappa shape index (κ1) is 18.8. The second kappa shape index (κ2) is 7.44. The highest BCUT2D eigenvalue weighted by Crippen LogP contribution is 2.27. The largest absolute Gasteiger partial charge is 0.337 e. The number of sulfonamides is 1. The number of nitrogens with zero attached hydrogens (tertiary/aromatic N) is 2. The van der Waals surface area contributed by atoms with E-state index in [2.05, 4.69) is 20.0 Å². The van der Waals surface area contributed by atoms with Crippen LogP contribution in [0.15, 0.2) is 77.7 Å². The highest BCUT2D eigenvalue weighted by molar-refractivity contribution is 7.92. The van der Waals surface area contributed by atoms with Gasteiger partial charge in [-0.1, -0.05) is 18.2 Å². The van der Waals surface area contributed by atoms with Crippen molar-refractivity contribution in [1.82, 2.24) is 9.97 Å². The topological polar surface area (TPSA) is 84.0 Å². The number of benzene rings is 3. The molecule has 0 aliphatic carbocycles. The van der Waals surface area contributed by atoms with E-state index in [0.29, 0.717) is 16.7 Å². The van der Waals surface area contributed by atoms with Crippen molar-refractivity contribution in [2.24, 2.45) is 0 Å². The summed E-state index contributed by atoms with van der Waals surface area (Å²) in [6, 6.07) is 17.0. The minimum absolute atomic E-state index is 0.0720. The Balaban J connectivity index is 1.78. The van der Waals surface area contributed by atoms with E-state index >= 15 is 0 Å². The first-order chi connectivity index (χ1) is 13.9. The molecule has 0 atom stereocenters. The Morgan fingerprint density at radius 3 is 2.03 bits per heavy atom. The van der Waals surface area contributed by atoms with Crippen LogP contribution in [0, 0.1) is 11.6 Å². The zero-order chi connectivity index (χ0) is 20.4. The van der Waals surface area contributed by atoms with Gasteiger partial charge in [-0.2, -0.15) is 0 Å². The molecule has 6 nitrogen and oxygen atoms in total. The Morgan fingerprint density at radius 2 is 1.38 bits per heavy atom. The summed E-state index contributed by atoms with van der Waals surface area (Å²) in [6.07, 6.45) is 0. The molecule has 0 aliphatic heterocycles. The molecule has 4 rings (SSSR count). The second-order valence-corrected chi connectivity index (χ2v) is 7.79. The molecule has 0 radical (unpaired) electrons. The summed E-state index contributed by atoms with van der Waals surface area (Å²) in [4.78, 5) is 8.61. The first-order valence-electron chi connectivity index (χ1n) is 8.48. The molecule has 2 N–H and O–H groups in total. The molecule has 4 aromatic rings. The fraction of sp³-hybridized carbons (Fsp3) is 0. The number of rotatable bonds is 5. The van der Waals surface area contributed by atoms with E-state index in [9.17, 15) is 17.2 Å². The summed E-state index contributed by atoms with van der Waals surface area (Å²) in [7, 11) is -4.05. The first-order valence-corrected chi connectivity index (χ1v) is 9.97. The van der Waals surface area contributed by atoms with Crippen LogP contribution in [0.1, 0.15) is 0 Å². The average Bonchev–Trinajstić information content (AvgIpc) is 2.68. The fourth-order valence-corrected chi connectivity index (χ4v) is 3.67. The molecule has 1 aromatic heterocycles. The lowest BCUT2D eigenvalue weighted by Gasteiger charge is -2.14. The quantitative estimate of drug-likeness (QED) is 0.506. The van der Waals surface area contributed by atoms with Gasteiger partial charge in [-0.3, -0.25) is 4.72 Å². The van der Waals surface area contributed by atoms with Gasteiger partial charge < -0.3 is 5.32 Å². The van der Waals surface area contributed by atoms with Crippen LogP contribution in [-0.2, 0) is 10.0 Å². The summed E-state index contributed by atoms with van der Waals surface area (Å²) in [5, 5.41) is 2.89. The van der Waals surface area contributed by atoms with Gasteiger partial charge in [-0.25, -0.2) is 27.2 Å². The number of anilines is 3. The van der Waals surface area contributed by atoms with Crippen LogP contribution < -0.4 is 10.0 Å². The van der Waals surface area contributed by atoms with Gasteiger partial charge >= 0.3 is 0 Å². The van der Waals surface area contributed by atoms with E-state index in [1.165, 1.54) is 18.2 Å². The van der Waals surface area contributed by atoms with Gasteiger partial charge in [0, 0.05) is 5.69 Å². The lowest BCUT2D eigenvalue weighted by Crippen LogP contribution is -2.16. The highest BCUT2D eigenvalue weighted by atomic mass is 32.2. The van der Waals surface area contributed by atoms with Crippen LogP contribution in [0.4, 0.5) is 26.1 Å². The van der Waals surface area contributed by atoms with Gasteiger partial charge in [0.25, 0.3) is 10.0 Å². The SMILES string of the molecule is O=S(=O)(Nc1nc2ccccc2nc1Nc1cccc(F)c1)c1ccc(F)cc1. The van der Waals surface area contributed by atoms with Crippen LogP contribution in [0.3, 0.4) is 0 Å². The molecule has 0 aliphatic rings. The Kier molecular flexibility index (Phi) is 4.81. The maximum absolute atomic E-state index is 13.5. The zero-order valence-corrected chi connectivity index (χ0v) is 15.6. The number of hydrogen-bond acceptors (Lipinski definition) is 5. The highest BCUT2D eigenvalue weighted by Gasteiger charge is 2.19. The normalized spacial score (nSPS) is 11.4. The van der Waals surface area contributed by atoms with Gasteiger partial charge in [-0.15, -0.1) is 0 Å². The molecule has 0 fully saturated rings. The van der Waals surface area contributed by atoms with Gasteiger partial charge in [0.05, 0.1) is 15.9 Å². The van der Waals surface area contributed by atoms with E-state index in [1.807, 2.05) is 0 Å². The van der Waals surface area contributed by atoms with E-state index in [4.69, 9.17) is 0 Å². The van der Waals surface area contributed by atoms with Crippen molar-refractivity contribution in [2.45, 2.75) is 4.90 Å². The van der Waals surface area contributed by atoms with Crippen LogP contribution in [0.25, 0.3) is 11.0 Å². The van der Waals surface area contributed by atoms with Crippen LogP contribution >= 0.6 is 0 Å². The molecule has 0 spiro atoms. The van der Waals surface area contributed by atoms with E-state index in [1.54, 1.807) is 30.3 Å². The standard InChI is InChI=1S/C20H14F2N4O2S/c21-13-8-10-16(11-9-13)29(27,28)26-20-19(23-15-5-3-4-14(22)12-15)24-17-6-1-2-7-18(17)25-20/h1-12H,(H,23,24)(H,25,26). The third-order valence-corrected chi connectivity index (χ3v) is 5.37. The van der Waals surface area contributed by atoms with Gasteiger partial charge in [-0.05, 0) is 54.6 Å². The molecule has 1 heterocycles. The van der Waals surface area contributed by atoms with E-state index < -0.39 is 21.7 Å². The smallest absolute Gasteiger partial charge is 0.263 e. The molecule has 0 unspecified atom stereocenters. The summed E-state index contributed by atoms with van der Waals surface area (Å²) >= 11 is 0. The summed E-state index contributed by atoms with van der Waals surface area (Å²) in [5.74, 6) is -0.989. The maximum Gasteiger partial charge on any atom is 0.263 e. The number of fused-ring (bicyclic) bond motifs is 1. The van der Waals surface area contributed by atoms with Crippen molar-refractivity contribution in [3.8, 4) is 0 Å². The summed E-state index contributed by atoms with van der Waals surface area (Å²) in [5.41, 5.74) is 1.36. The lowest BCUT2D eigenvalue weighted by molar-refractivity contribution is 0.599. The van der Waals surface area contributed by atoms with Crippen molar-refractivity contribution in [1.29, 1.82) is 0 Å². The molecular formula is C20H14F2N4O2S. The fourth-order valence-electron chi connectivity index (χ4n) is 2.66.